The van der Waals surface area contributed by atoms with Crippen LogP contribution in [0.15, 0.2) is 34.4 Å². The summed E-state index contributed by atoms with van der Waals surface area (Å²) in [5.74, 6) is -0.419. The third-order valence-electron chi connectivity index (χ3n) is 1.69. The van der Waals surface area contributed by atoms with Gasteiger partial charge in [-0.2, -0.15) is 0 Å². The maximum absolute atomic E-state index is 11.3. The molecule has 0 saturated carbocycles. The number of rotatable bonds is 3. The number of aromatic hydroxyl groups is 1. The van der Waals surface area contributed by atoms with Crippen LogP contribution in [0.4, 0.5) is 0 Å². The van der Waals surface area contributed by atoms with Crippen molar-refractivity contribution < 1.29 is 9.52 Å². The van der Waals surface area contributed by atoms with E-state index in [9.17, 15) is 4.79 Å². The van der Waals surface area contributed by atoms with Gasteiger partial charge in [0.15, 0.2) is 5.75 Å². The minimum absolute atomic E-state index is 0.264. The first kappa shape index (κ1) is 9.54. The lowest BCUT2D eigenvalue weighted by Gasteiger charge is -2.06. The van der Waals surface area contributed by atoms with Crippen LogP contribution < -0.4 is 11.2 Å². The van der Waals surface area contributed by atoms with Crippen molar-refractivity contribution in [3.8, 4) is 5.75 Å². The molecule has 0 aliphatic rings. The highest BCUT2D eigenvalue weighted by atomic mass is 16.3. The lowest BCUT2D eigenvalue weighted by molar-refractivity contribution is 0.422. The standard InChI is InChI=1S/C9H11NO3/c1-2-3-7(10)6-4-13-5-8(11)9(6)12/h2,4-5,7,11H,1,3,10H2. The second-order valence-electron chi connectivity index (χ2n) is 2.67. The Hall–Kier alpha value is -1.55. The van der Waals surface area contributed by atoms with Gasteiger partial charge in [0.05, 0.1) is 11.8 Å². The maximum Gasteiger partial charge on any atom is 0.231 e. The van der Waals surface area contributed by atoms with Gasteiger partial charge in [-0.25, -0.2) is 0 Å². The van der Waals surface area contributed by atoms with Gasteiger partial charge in [-0.05, 0) is 6.42 Å². The molecule has 70 valence electrons. The van der Waals surface area contributed by atoms with Crippen LogP contribution in [0.2, 0.25) is 0 Å². The van der Waals surface area contributed by atoms with E-state index >= 15 is 0 Å². The van der Waals surface area contributed by atoms with Crippen LogP contribution in [-0.2, 0) is 0 Å². The minimum Gasteiger partial charge on any atom is -0.502 e. The topological polar surface area (TPSA) is 76.5 Å². The van der Waals surface area contributed by atoms with E-state index in [-0.39, 0.29) is 5.56 Å². The van der Waals surface area contributed by atoms with Gasteiger partial charge in [-0.1, -0.05) is 6.08 Å². The Morgan fingerprint density at radius 1 is 1.69 bits per heavy atom. The van der Waals surface area contributed by atoms with E-state index in [1.807, 2.05) is 0 Å². The number of hydrogen-bond acceptors (Lipinski definition) is 4. The second-order valence-corrected chi connectivity index (χ2v) is 2.67. The van der Waals surface area contributed by atoms with E-state index in [4.69, 9.17) is 15.3 Å². The van der Waals surface area contributed by atoms with Crippen LogP contribution in [0.25, 0.3) is 0 Å². The molecule has 4 heteroatoms. The Morgan fingerprint density at radius 2 is 2.38 bits per heavy atom. The SMILES string of the molecule is C=CCC(N)c1cocc(O)c1=O. The Bertz CT molecular complexity index is 356. The Labute approximate surface area is 75.3 Å². The summed E-state index contributed by atoms with van der Waals surface area (Å²) < 4.78 is 4.72. The zero-order chi connectivity index (χ0) is 9.84. The van der Waals surface area contributed by atoms with E-state index in [2.05, 4.69) is 6.58 Å². The minimum atomic E-state index is -0.486. The monoisotopic (exact) mass is 181 g/mol. The van der Waals surface area contributed by atoms with Gasteiger partial charge in [0.25, 0.3) is 0 Å². The van der Waals surface area contributed by atoms with Crippen LogP contribution >= 0.6 is 0 Å². The van der Waals surface area contributed by atoms with Gasteiger partial charge in [0.1, 0.15) is 6.26 Å². The fourth-order valence-corrected chi connectivity index (χ4v) is 0.989. The molecule has 1 unspecified atom stereocenters. The quantitative estimate of drug-likeness (QED) is 0.680. The van der Waals surface area contributed by atoms with E-state index in [0.29, 0.717) is 6.42 Å². The summed E-state index contributed by atoms with van der Waals surface area (Å²) in [5.41, 5.74) is 5.41. The first-order valence-corrected chi connectivity index (χ1v) is 3.82. The molecule has 0 aromatic carbocycles. The summed E-state index contributed by atoms with van der Waals surface area (Å²) in [6, 6.07) is -0.471. The first-order valence-electron chi connectivity index (χ1n) is 3.82. The van der Waals surface area contributed by atoms with Crippen LogP contribution in [0.3, 0.4) is 0 Å². The molecule has 0 amide bonds. The zero-order valence-electron chi connectivity index (χ0n) is 7.06. The predicted molar refractivity (Wildman–Crippen MR) is 48.4 cm³/mol. The molecule has 0 bridgehead atoms. The van der Waals surface area contributed by atoms with E-state index in [0.717, 1.165) is 6.26 Å². The van der Waals surface area contributed by atoms with Crippen molar-refractivity contribution >= 4 is 0 Å². The van der Waals surface area contributed by atoms with Gasteiger partial charge < -0.3 is 15.3 Å². The summed E-state index contributed by atoms with van der Waals surface area (Å²) in [6.45, 7) is 3.50. The third kappa shape index (κ3) is 1.97. The predicted octanol–water partition coefficient (Wildman–Crippen LogP) is 0.921. The largest absolute Gasteiger partial charge is 0.502 e. The number of nitrogens with two attached hydrogens (primary N) is 1. The van der Waals surface area contributed by atoms with E-state index in [1.165, 1.54) is 6.26 Å². The first-order chi connectivity index (χ1) is 6.16. The van der Waals surface area contributed by atoms with Crippen LogP contribution in [0.5, 0.6) is 5.75 Å². The molecule has 1 atom stereocenters. The van der Waals surface area contributed by atoms with Crippen molar-refractivity contribution in [1.29, 1.82) is 0 Å². The van der Waals surface area contributed by atoms with Crippen LogP contribution in [0, 0.1) is 0 Å². The molecule has 0 fully saturated rings. The van der Waals surface area contributed by atoms with Crippen molar-refractivity contribution in [2.45, 2.75) is 12.5 Å². The lowest BCUT2D eigenvalue weighted by atomic mass is 10.1. The molecule has 3 N–H and O–H groups in total. The zero-order valence-corrected chi connectivity index (χ0v) is 7.06. The van der Waals surface area contributed by atoms with Gasteiger partial charge >= 0.3 is 0 Å². The summed E-state index contributed by atoms with van der Waals surface area (Å²) in [7, 11) is 0. The highest BCUT2D eigenvalue weighted by Crippen LogP contribution is 2.12. The fraction of sp³-hybridized carbons (Fsp3) is 0.222. The normalized spacial score (nSPS) is 12.4. The second kappa shape index (κ2) is 3.91. The van der Waals surface area contributed by atoms with Crippen molar-refractivity contribution in [3.63, 3.8) is 0 Å². The summed E-state index contributed by atoms with van der Waals surface area (Å²) in [4.78, 5) is 11.3. The van der Waals surface area contributed by atoms with Gasteiger partial charge in [0, 0.05) is 6.04 Å². The van der Waals surface area contributed by atoms with Crippen molar-refractivity contribution in [2.75, 3.05) is 0 Å². The molecule has 13 heavy (non-hydrogen) atoms. The van der Waals surface area contributed by atoms with Crippen LogP contribution in [-0.4, -0.2) is 5.11 Å². The molecule has 4 nitrogen and oxygen atoms in total. The molecule has 1 aromatic rings. The third-order valence-corrected chi connectivity index (χ3v) is 1.69. The van der Waals surface area contributed by atoms with Crippen molar-refractivity contribution in [3.05, 3.63) is 41.0 Å². The Balaban J connectivity index is 3.07. The average molecular weight is 181 g/mol. The highest BCUT2D eigenvalue weighted by Gasteiger charge is 2.11. The van der Waals surface area contributed by atoms with E-state index in [1.54, 1.807) is 6.08 Å². The molecule has 0 aliphatic carbocycles. The average Bonchev–Trinajstić information content (AvgIpc) is 2.10. The molecule has 0 saturated heterocycles. The Kier molecular flexibility index (Phi) is 2.87. The summed E-state index contributed by atoms with van der Waals surface area (Å²) in [5, 5.41) is 9.03. The molecular weight excluding hydrogens is 170 g/mol. The highest BCUT2D eigenvalue weighted by molar-refractivity contribution is 5.23. The summed E-state index contributed by atoms with van der Waals surface area (Å²) >= 11 is 0. The van der Waals surface area contributed by atoms with E-state index < -0.39 is 17.2 Å². The molecular formula is C9H11NO3. The van der Waals surface area contributed by atoms with Gasteiger partial charge in [0.2, 0.25) is 5.43 Å². The molecule has 0 radical (unpaired) electrons. The smallest absolute Gasteiger partial charge is 0.231 e. The van der Waals surface area contributed by atoms with Gasteiger partial charge in [-0.3, -0.25) is 4.79 Å². The maximum atomic E-state index is 11.3. The number of hydrogen-bond donors (Lipinski definition) is 2. The lowest BCUT2D eigenvalue weighted by Crippen LogP contribution is -2.18. The molecule has 1 rings (SSSR count). The fourth-order valence-electron chi connectivity index (χ4n) is 0.989. The molecule has 1 heterocycles. The van der Waals surface area contributed by atoms with Gasteiger partial charge in [-0.15, -0.1) is 6.58 Å². The summed E-state index contributed by atoms with van der Waals surface area (Å²) in [6.07, 6.45) is 4.30. The molecule has 0 spiro atoms. The molecule has 1 aromatic heterocycles. The Morgan fingerprint density at radius 3 is 3.00 bits per heavy atom. The molecule has 0 aliphatic heterocycles. The van der Waals surface area contributed by atoms with Crippen molar-refractivity contribution in [1.82, 2.24) is 0 Å². The van der Waals surface area contributed by atoms with Crippen LogP contribution in [0.1, 0.15) is 18.0 Å². The van der Waals surface area contributed by atoms with Crippen molar-refractivity contribution in [2.24, 2.45) is 5.73 Å².